The van der Waals surface area contributed by atoms with Crippen LogP contribution in [-0.2, 0) is 14.8 Å². The summed E-state index contributed by atoms with van der Waals surface area (Å²) in [5, 5.41) is 0.0655. The number of H-pyrrole nitrogens is 1. The highest BCUT2D eigenvalue weighted by Crippen LogP contribution is 2.21. The minimum Gasteiger partial charge on any atom is -0.342 e. The molecule has 1 aromatic rings. The van der Waals surface area contributed by atoms with E-state index in [-0.39, 0.29) is 17.0 Å². The molecule has 0 radical (unpaired) electrons. The van der Waals surface area contributed by atoms with E-state index in [1.807, 2.05) is 20.8 Å². The van der Waals surface area contributed by atoms with Gasteiger partial charge in [0.1, 0.15) is 0 Å². The number of carbonyl (C=O) groups is 1. The van der Waals surface area contributed by atoms with Crippen LogP contribution in [0, 0.1) is 5.41 Å². The number of carbonyl (C=O) groups excluding carboxylic acids is 1. The Hall–Kier alpha value is -1.41. The van der Waals surface area contributed by atoms with E-state index in [1.54, 1.807) is 4.90 Å². The first-order valence-electron chi connectivity index (χ1n) is 7.00. The van der Waals surface area contributed by atoms with E-state index in [1.165, 1.54) is 12.5 Å². The maximum Gasteiger partial charge on any atom is 0.257 e. The summed E-state index contributed by atoms with van der Waals surface area (Å²) in [6, 6.07) is -0.151. The van der Waals surface area contributed by atoms with E-state index in [9.17, 15) is 13.2 Å². The average Bonchev–Trinajstić information content (AvgIpc) is 2.92. The lowest BCUT2D eigenvalue weighted by atomic mass is 9.93. The average molecular weight is 314 g/mol. The fourth-order valence-electron chi connectivity index (χ4n) is 2.35. The van der Waals surface area contributed by atoms with Gasteiger partial charge in [-0.2, -0.15) is 0 Å². The van der Waals surface area contributed by atoms with E-state index in [4.69, 9.17) is 0 Å². The van der Waals surface area contributed by atoms with Crippen molar-refractivity contribution in [2.24, 2.45) is 5.41 Å². The molecule has 2 N–H and O–H groups in total. The summed E-state index contributed by atoms with van der Waals surface area (Å²) in [6.07, 6.45) is 3.85. The minimum absolute atomic E-state index is 0.0655. The number of sulfonamides is 1. The van der Waals surface area contributed by atoms with Crippen molar-refractivity contribution in [3.05, 3.63) is 12.5 Å². The van der Waals surface area contributed by atoms with Gasteiger partial charge >= 0.3 is 0 Å². The van der Waals surface area contributed by atoms with Crippen LogP contribution >= 0.6 is 0 Å². The van der Waals surface area contributed by atoms with Crippen LogP contribution in [0.3, 0.4) is 0 Å². The van der Waals surface area contributed by atoms with Crippen LogP contribution in [-0.4, -0.2) is 48.3 Å². The predicted octanol–water partition coefficient (Wildman–Crippen LogP) is 0.725. The van der Waals surface area contributed by atoms with Crippen molar-refractivity contribution >= 4 is 15.9 Å². The molecule has 1 amide bonds. The second-order valence-electron chi connectivity index (χ2n) is 6.35. The zero-order valence-electron chi connectivity index (χ0n) is 12.6. The topological polar surface area (TPSA) is 95.2 Å². The fourth-order valence-corrected chi connectivity index (χ4v) is 3.56. The van der Waals surface area contributed by atoms with Crippen LogP contribution in [0.5, 0.6) is 0 Å². The minimum atomic E-state index is -3.55. The highest BCUT2D eigenvalue weighted by molar-refractivity contribution is 7.89. The molecule has 1 aliphatic heterocycles. The van der Waals surface area contributed by atoms with Crippen LogP contribution in [0.15, 0.2) is 17.6 Å². The van der Waals surface area contributed by atoms with Gasteiger partial charge < -0.3 is 9.88 Å². The van der Waals surface area contributed by atoms with Gasteiger partial charge in [0, 0.05) is 24.5 Å². The molecule has 0 atom stereocenters. The monoisotopic (exact) mass is 314 g/mol. The van der Waals surface area contributed by atoms with Gasteiger partial charge in [-0.15, -0.1) is 0 Å². The van der Waals surface area contributed by atoms with Gasteiger partial charge in [0.15, 0.2) is 5.03 Å². The molecule has 1 saturated heterocycles. The lowest BCUT2D eigenvalue weighted by molar-refractivity contribution is -0.140. The number of piperidine rings is 1. The lowest BCUT2D eigenvalue weighted by Gasteiger charge is -2.35. The van der Waals surface area contributed by atoms with Crippen molar-refractivity contribution in [2.75, 3.05) is 13.1 Å². The second kappa shape index (κ2) is 5.76. The van der Waals surface area contributed by atoms with Crippen LogP contribution in [0.1, 0.15) is 33.6 Å². The lowest BCUT2D eigenvalue weighted by Crippen LogP contribution is -2.49. The zero-order valence-corrected chi connectivity index (χ0v) is 13.4. The third-order valence-electron chi connectivity index (χ3n) is 3.51. The Labute approximate surface area is 125 Å². The first-order chi connectivity index (χ1) is 9.70. The number of rotatable bonds is 3. The third-order valence-corrected chi connectivity index (χ3v) is 4.95. The number of nitrogens with zero attached hydrogens (tertiary/aromatic N) is 2. The summed E-state index contributed by atoms with van der Waals surface area (Å²) in [6.45, 7) is 6.83. The van der Waals surface area contributed by atoms with E-state index >= 15 is 0 Å². The van der Waals surface area contributed by atoms with Crippen LogP contribution < -0.4 is 4.72 Å². The normalized spacial score (nSPS) is 18.0. The number of hydrogen-bond donors (Lipinski definition) is 2. The fraction of sp³-hybridized carbons (Fsp3) is 0.692. The molecule has 1 aliphatic rings. The highest BCUT2D eigenvalue weighted by atomic mass is 32.2. The Morgan fingerprint density at radius 2 is 2.00 bits per heavy atom. The van der Waals surface area contributed by atoms with Crippen molar-refractivity contribution < 1.29 is 13.2 Å². The molecule has 0 spiro atoms. The molecular formula is C13H22N4O3S. The summed E-state index contributed by atoms with van der Waals surface area (Å²) in [7, 11) is -3.55. The Bertz CT molecular complexity index is 581. The Morgan fingerprint density at radius 1 is 1.38 bits per heavy atom. The Balaban J connectivity index is 1.92. The molecule has 21 heavy (non-hydrogen) atoms. The molecule has 2 heterocycles. The van der Waals surface area contributed by atoms with Gasteiger partial charge in [0.05, 0.1) is 12.5 Å². The summed E-state index contributed by atoms with van der Waals surface area (Å²) in [5.74, 6) is 0.109. The molecule has 7 nitrogen and oxygen atoms in total. The molecule has 118 valence electrons. The molecule has 1 aromatic heterocycles. The van der Waals surface area contributed by atoms with Crippen molar-refractivity contribution in [1.82, 2.24) is 19.6 Å². The van der Waals surface area contributed by atoms with Crippen LogP contribution in [0.25, 0.3) is 0 Å². The molecular weight excluding hydrogens is 292 g/mol. The van der Waals surface area contributed by atoms with Crippen LogP contribution in [0.2, 0.25) is 0 Å². The smallest absolute Gasteiger partial charge is 0.257 e. The summed E-state index contributed by atoms with van der Waals surface area (Å²) in [4.78, 5) is 20.3. The number of likely N-dealkylation sites (tertiary alicyclic amines) is 1. The molecule has 0 bridgehead atoms. The number of imidazole rings is 1. The van der Waals surface area contributed by atoms with Crippen molar-refractivity contribution in [1.29, 1.82) is 0 Å². The van der Waals surface area contributed by atoms with E-state index < -0.39 is 15.4 Å². The first kappa shape index (κ1) is 16.0. The van der Waals surface area contributed by atoms with Gasteiger partial charge in [-0.3, -0.25) is 4.79 Å². The van der Waals surface area contributed by atoms with Gasteiger partial charge in [-0.05, 0) is 12.8 Å². The zero-order chi connectivity index (χ0) is 15.7. The Kier molecular flexibility index (Phi) is 4.38. The van der Waals surface area contributed by atoms with E-state index in [0.29, 0.717) is 25.9 Å². The van der Waals surface area contributed by atoms with Crippen molar-refractivity contribution in [2.45, 2.75) is 44.7 Å². The predicted molar refractivity (Wildman–Crippen MR) is 78.0 cm³/mol. The van der Waals surface area contributed by atoms with Crippen LogP contribution in [0.4, 0.5) is 0 Å². The molecule has 0 unspecified atom stereocenters. The summed E-state index contributed by atoms with van der Waals surface area (Å²) in [5.41, 5.74) is -0.401. The largest absolute Gasteiger partial charge is 0.342 e. The molecule has 0 aliphatic carbocycles. The highest BCUT2D eigenvalue weighted by Gasteiger charge is 2.31. The standard InChI is InChI=1S/C13H22N4O3S/c1-13(2,3)12(18)17-6-4-10(5-7-17)16-21(19,20)11-8-14-9-15-11/h8-10,16H,4-7H2,1-3H3,(H,14,15). The van der Waals surface area contributed by atoms with E-state index in [0.717, 1.165) is 0 Å². The first-order valence-corrected chi connectivity index (χ1v) is 8.48. The maximum atomic E-state index is 12.2. The summed E-state index contributed by atoms with van der Waals surface area (Å²) >= 11 is 0. The third kappa shape index (κ3) is 3.82. The number of aromatic amines is 1. The number of hydrogen-bond acceptors (Lipinski definition) is 4. The number of nitrogens with one attached hydrogen (secondary N) is 2. The summed E-state index contributed by atoms with van der Waals surface area (Å²) < 4.78 is 26.8. The van der Waals surface area contributed by atoms with Crippen molar-refractivity contribution in [3.8, 4) is 0 Å². The molecule has 0 saturated carbocycles. The molecule has 1 fully saturated rings. The molecule has 2 rings (SSSR count). The number of aromatic nitrogens is 2. The molecule has 0 aromatic carbocycles. The maximum absolute atomic E-state index is 12.2. The van der Waals surface area contributed by atoms with Gasteiger partial charge in [-0.25, -0.2) is 18.1 Å². The number of amides is 1. The SMILES string of the molecule is CC(C)(C)C(=O)N1CCC(NS(=O)(=O)c2cnc[nH]2)CC1. The van der Waals surface area contributed by atoms with Gasteiger partial charge in [0.2, 0.25) is 5.91 Å². The Morgan fingerprint density at radius 3 is 2.48 bits per heavy atom. The van der Waals surface area contributed by atoms with Gasteiger partial charge in [0.25, 0.3) is 10.0 Å². The van der Waals surface area contributed by atoms with Gasteiger partial charge in [-0.1, -0.05) is 20.8 Å². The van der Waals surface area contributed by atoms with Crippen molar-refractivity contribution in [3.63, 3.8) is 0 Å². The second-order valence-corrected chi connectivity index (χ2v) is 8.04. The molecule has 8 heteroatoms. The quantitative estimate of drug-likeness (QED) is 0.859. The van der Waals surface area contributed by atoms with E-state index in [2.05, 4.69) is 14.7 Å².